The van der Waals surface area contributed by atoms with E-state index in [1.807, 2.05) is 12.3 Å². The molecule has 8 heteroatoms. The van der Waals surface area contributed by atoms with Crippen LogP contribution in [0.3, 0.4) is 0 Å². The largest absolute Gasteiger partial charge is 0.366 e. The molecule has 0 bridgehead atoms. The lowest BCUT2D eigenvalue weighted by atomic mass is 9.88. The summed E-state index contributed by atoms with van der Waals surface area (Å²) in [5.74, 6) is -0.656. The van der Waals surface area contributed by atoms with Gasteiger partial charge in [0.15, 0.2) is 0 Å². The number of piperidine rings is 1. The summed E-state index contributed by atoms with van der Waals surface area (Å²) in [6.45, 7) is 2.60. The van der Waals surface area contributed by atoms with Crippen LogP contribution in [0, 0.1) is 5.82 Å². The number of nitrogens with zero attached hydrogens (tertiary/aromatic N) is 1. The van der Waals surface area contributed by atoms with E-state index in [1.54, 1.807) is 29.4 Å². The van der Waals surface area contributed by atoms with E-state index in [2.05, 4.69) is 4.98 Å². The molecule has 2 aromatic carbocycles. The van der Waals surface area contributed by atoms with Crippen LogP contribution in [0.1, 0.15) is 41.6 Å². The van der Waals surface area contributed by atoms with Crippen LogP contribution in [0.15, 0.2) is 42.6 Å². The number of aromatic amines is 1. The normalized spacial score (nSPS) is 16.2. The Balaban J connectivity index is 1.74. The highest BCUT2D eigenvalue weighted by molar-refractivity contribution is 7.89. The molecule has 158 valence electrons. The van der Waals surface area contributed by atoms with Crippen molar-refractivity contribution in [1.82, 2.24) is 9.29 Å². The smallest absolute Gasteiger partial charge is 0.250 e. The number of rotatable bonds is 5. The van der Waals surface area contributed by atoms with Gasteiger partial charge in [0, 0.05) is 24.7 Å². The average Bonchev–Trinajstić information content (AvgIpc) is 3.17. The highest BCUT2D eigenvalue weighted by atomic mass is 32.2. The highest BCUT2D eigenvalue weighted by Crippen LogP contribution is 2.37. The van der Waals surface area contributed by atoms with Crippen LogP contribution >= 0.6 is 0 Å². The van der Waals surface area contributed by atoms with E-state index in [-0.39, 0.29) is 17.5 Å². The van der Waals surface area contributed by atoms with Gasteiger partial charge in [0.05, 0.1) is 16.8 Å². The van der Waals surface area contributed by atoms with Gasteiger partial charge in [-0.2, -0.15) is 0 Å². The molecular weight excluding hydrogens is 405 g/mol. The number of nitrogens with two attached hydrogens (primary N) is 1. The summed E-state index contributed by atoms with van der Waals surface area (Å²) >= 11 is 0. The first-order valence-corrected chi connectivity index (χ1v) is 11.6. The summed E-state index contributed by atoms with van der Waals surface area (Å²) in [7, 11) is -3.19. The van der Waals surface area contributed by atoms with Crippen LogP contribution in [-0.4, -0.2) is 42.5 Å². The summed E-state index contributed by atoms with van der Waals surface area (Å²) in [5, 5.41) is 0.863. The van der Waals surface area contributed by atoms with E-state index in [9.17, 15) is 17.6 Å². The standard InChI is InChI=1S/C22H24FN3O3S/c1-2-30(28,29)26-8-6-14(7-9-26)20-13-25-21-18(20)11-16(12-19(21)22(24)27)15-4-3-5-17(23)10-15/h3-5,10-14,25H,2,6-9H2,1H3,(H2,24,27). The summed E-state index contributed by atoms with van der Waals surface area (Å²) in [6.07, 6.45) is 3.27. The predicted octanol–water partition coefficient (Wildman–Crippen LogP) is 3.60. The molecule has 0 aliphatic carbocycles. The van der Waals surface area contributed by atoms with Gasteiger partial charge in [0.1, 0.15) is 5.82 Å². The number of sulfonamides is 1. The number of carbonyl (C=O) groups excluding carboxylic acids is 1. The molecule has 3 N–H and O–H groups in total. The van der Waals surface area contributed by atoms with Gasteiger partial charge in [-0.25, -0.2) is 17.1 Å². The zero-order chi connectivity index (χ0) is 21.5. The van der Waals surface area contributed by atoms with Crippen molar-refractivity contribution in [1.29, 1.82) is 0 Å². The summed E-state index contributed by atoms with van der Waals surface area (Å²) in [6, 6.07) is 9.83. The number of aromatic nitrogens is 1. The van der Waals surface area contributed by atoms with E-state index >= 15 is 0 Å². The quantitative estimate of drug-likeness (QED) is 0.649. The summed E-state index contributed by atoms with van der Waals surface area (Å²) < 4.78 is 39.6. The maximum atomic E-state index is 13.7. The van der Waals surface area contributed by atoms with Gasteiger partial charge in [-0.1, -0.05) is 12.1 Å². The maximum absolute atomic E-state index is 13.7. The van der Waals surface area contributed by atoms with Crippen molar-refractivity contribution in [3.05, 3.63) is 59.5 Å². The fourth-order valence-electron chi connectivity index (χ4n) is 4.25. The van der Waals surface area contributed by atoms with Crippen LogP contribution in [-0.2, 0) is 10.0 Å². The Morgan fingerprint density at radius 2 is 1.93 bits per heavy atom. The van der Waals surface area contributed by atoms with Crippen molar-refractivity contribution in [3.63, 3.8) is 0 Å². The number of hydrogen-bond donors (Lipinski definition) is 2. The van der Waals surface area contributed by atoms with E-state index in [1.165, 1.54) is 12.1 Å². The molecule has 2 heterocycles. The van der Waals surface area contributed by atoms with Gasteiger partial charge in [0.2, 0.25) is 10.0 Å². The van der Waals surface area contributed by atoms with Crippen molar-refractivity contribution < 1.29 is 17.6 Å². The van der Waals surface area contributed by atoms with Gasteiger partial charge in [0.25, 0.3) is 5.91 Å². The molecule has 1 amide bonds. The van der Waals surface area contributed by atoms with E-state index < -0.39 is 15.9 Å². The first-order chi connectivity index (χ1) is 14.3. The third kappa shape index (κ3) is 3.73. The third-order valence-corrected chi connectivity index (χ3v) is 7.78. The fraction of sp³-hybridized carbons (Fsp3) is 0.318. The Morgan fingerprint density at radius 1 is 1.20 bits per heavy atom. The van der Waals surface area contributed by atoms with Crippen LogP contribution in [0.2, 0.25) is 0 Å². The average molecular weight is 430 g/mol. The molecule has 1 aliphatic rings. The zero-order valence-corrected chi connectivity index (χ0v) is 17.5. The van der Waals surface area contributed by atoms with Crippen molar-refractivity contribution in [3.8, 4) is 11.1 Å². The van der Waals surface area contributed by atoms with Crippen LogP contribution in [0.5, 0.6) is 0 Å². The third-order valence-electron chi connectivity index (χ3n) is 5.90. The molecule has 30 heavy (non-hydrogen) atoms. The number of halogens is 1. The Bertz CT molecular complexity index is 1210. The van der Waals surface area contributed by atoms with Crippen molar-refractivity contribution >= 4 is 26.8 Å². The number of H-pyrrole nitrogens is 1. The van der Waals surface area contributed by atoms with Crippen molar-refractivity contribution in [2.24, 2.45) is 5.73 Å². The Hall–Kier alpha value is -2.71. The molecule has 1 aromatic heterocycles. The number of fused-ring (bicyclic) bond motifs is 1. The topological polar surface area (TPSA) is 96.3 Å². The fourth-order valence-corrected chi connectivity index (χ4v) is 5.38. The van der Waals surface area contributed by atoms with Crippen LogP contribution in [0.25, 0.3) is 22.0 Å². The lowest BCUT2D eigenvalue weighted by Gasteiger charge is -2.31. The molecule has 0 radical (unpaired) electrons. The number of benzene rings is 2. The van der Waals surface area contributed by atoms with Gasteiger partial charge >= 0.3 is 0 Å². The van der Waals surface area contributed by atoms with Gasteiger partial charge in [-0.3, -0.25) is 4.79 Å². The first kappa shape index (κ1) is 20.6. The molecule has 0 saturated carbocycles. The maximum Gasteiger partial charge on any atom is 0.250 e. The molecule has 0 spiro atoms. The molecule has 1 aliphatic heterocycles. The minimum Gasteiger partial charge on any atom is -0.366 e. The van der Waals surface area contributed by atoms with Crippen LogP contribution in [0.4, 0.5) is 4.39 Å². The number of nitrogens with one attached hydrogen (secondary N) is 1. The Kier molecular flexibility index (Phi) is 5.38. The molecular formula is C22H24FN3O3S. The SMILES string of the molecule is CCS(=O)(=O)N1CCC(c2c[nH]c3c(C(N)=O)cc(-c4cccc(F)c4)cc23)CC1. The first-order valence-electron chi connectivity index (χ1n) is 9.98. The van der Waals surface area contributed by atoms with Crippen LogP contribution < -0.4 is 5.73 Å². The molecule has 1 fully saturated rings. The van der Waals surface area contributed by atoms with Crippen molar-refractivity contribution in [2.75, 3.05) is 18.8 Å². The predicted molar refractivity (Wildman–Crippen MR) is 115 cm³/mol. The Labute approximate surface area is 174 Å². The van der Waals surface area contributed by atoms with Gasteiger partial charge < -0.3 is 10.7 Å². The molecule has 1 saturated heterocycles. The molecule has 4 rings (SSSR count). The number of primary amides is 1. The number of carbonyl (C=O) groups is 1. The lowest BCUT2D eigenvalue weighted by Crippen LogP contribution is -2.38. The number of hydrogen-bond acceptors (Lipinski definition) is 3. The second-order valence-electron chi connectivity index (χ2n) is 7.64. The monoisotopic (exact) mass is 429 g/mol. The summed E-state index contributed by atoms with van der Waals surface area (Å²) in [5.41, 5.74) is 9.02. The second-order valence-corrected chi connectivity index (χ2v) is 9.90. The van der Waals surface area contributed by atoms with E-state index in [0.717, 1.165) is 10.9 Å². The molecule has 3 aromatic rings. The van der Waals surface area contributed by atoms with E-state index in [4.69, 9.17) is 5.73 Å². The molecule has 0 unspecified atom stereocenters. The molecule has 6 nitrogen and oxygen atoms in total. The highest BCUT2D eigenvalue weighted by Gasteiger charge is 2.29. The second kappa shape index (κ2) is 7.85. The molecule has 0 atom stereocenters. The van der Waals surface area contributed by atoms with Gasteiger partial charge in [-0.15, -0.1) is 0 Å². The number of amides is 1. The minimum atomic E-state index is -3.19. The van der Waals surface area contributed by atoms with Gasteiger partial charge in [-0.05, 0) is 66.6 Å². The summed E-state index contributed by atoms with van der Waals surface area (Å²) in [4.78, 5) is 15.3. The minimum absolute atomic E-state index is 0.101. The van der Waals surface area contributed by atoms with E-state index in [0.29, 0.717) is 48.1 Å². The zero-order valence-electron chi connectivity index (χ0n) is 16.7. The lowest BCUT2D eigenvalue weighted by molar-refractivity contribution is 0.100. The van der Waals surface area contributed by atoms with Crippen molar-refractivity contribution in [2.45, 2.75) is 25.7 Å². The Morgan fingerprint density at radius 3 is 2.57 bits per heavy atom.